The van der Waals surface area contributed by atoms with Crippen molar-refractivity contribution in [2.24, 2.45) is 0 Å². The van der Waals surface area contributed by atoms with Crippen molar-refractivity contribution in [3.63, 3.8) is 0 Å². The molecule has 0 saturated carbocycles. The number of hydrogen-bond acceptors (Lipinski definition) is 6. The van der Waals surface area contributed by atoms with E-state index in [9.17, 15) is 0 Å². The number of benzene rings is 2. The number of likely N-dealkylation sites (tertiary alicyclic amines) is 1. The van der Waals surface area contributed by atoms with Crippen LogP contribution in [0.2, 0.25) is 0 Å². The van der Waals surface area contributed by atoms with Crippen LogP contribution >= 0.6 is 0 Å². The van der Waals surface area contributed by atoms with Crippen molar-refractivity contribution < 1.29 is 0 Å². The topological polar surface area (TPSA) is 66.0 Å². The van der Waals surface area contributed by atoms with Gasteiger partial charge in [0.15, 0.2) is 0 Å². The number of anilines is 3. The lowest BCUT2D eigenvalue weighted by molar-refractivity contribution is 0.411. The van der Waals surface area contributed by atoms with E-state index >= 15 is 0 Å². The summed E-state index contributed by atoms with van der Waals surface area (Å²) in [6, 6.07) is 20.7. The fraction of sp³-hybridized carbons (Fsp3) is 0.207. The van der Waals surface area contributed by atoms with Crippen molar-refractivity contribution in [3.8, 4) is 11.3 Å². The molecule has 1 atom stereocenters. The number of nitrogens with one attached hydrogen (secondary N) is 2. The Hall–Kier alpha value is -4.03. The molecular formula is C29H30N6. The minimum atomic E-state index is 0.540. The van der Waals surface area contributed by atoms with Gasteiger partial charge in [0, 0.05) is 47.8 Å². The van der Waals surface area contributed by atoms with Gasteiger partial charge in [0.05, 0.1) is 5.69 Å². The molecule has 0 aliphatic carbocycles. The van der Waals surface area contributed by atoms with Crippen molar-refractivity contribution in [2.45, 2.75) is 19.3 Å². The van der Waals surface area contributed by atoms with E-state index in [1.54, 1.807) is 18.6 Å². The van der Waals surface area contributed by atoms with E-state index in [0.717, 1.165) is 46.0 Å². The first-order valence-electron chi connectivity index (χ1n) is 11.9. The van der Waals surface area contributed by atoms with Gasteiger partial charge in [-0.3, -0.25) is 4.98 Å². The average molecular weight is 463 g/mol. The van der Waals surface area contributed by atoms with E-state index in [4.69, 9.17) is 0 Å². The molecule has 0 amide bonds. The van der Waals surface area contributed by atoms with Gasteiger partial charge in [-0.2, -0.15) is 0 Å². The normalized spacial score (nSPS) is 15.7. The molecule has 2 aromatic heterocycles. The second kappa shape index (κ2) is 10.1. The molecule has 5 rings (SSSR count). The maximum absolute atomic E-state index is 4.66. The largest absolute Gasteiger partial charge is 0.356 e. The zero-order valence-electron chi connectivity index (χ0n) is 20.2. The Morgan fingerprint density at radius 3 is 2.66 bits per heavy atom. The highest BCUT2D eigenvalue weighted by molar-refractivity contribution is 5.78. The van der Waals surface area contributed by atoms with Crippen LogP contribution in [0.5, 0.6) is 0 Å². The summed E-state index contributed by atoms with van der Waals surface area (Å²) in [5, 5.41) is 6.82. The number of hydrogen-bond donors (Lipinski definition) is 2. The number of aryl methyl sites for hydroxylation is 1. The maximum atomic E-state index is 4.66. The Kier molecular flexibility index (Phi) is 6.55. The van der Waals surface area contributed by atoms with Crippen molar-refractivity contribution in [2.75, 3.05) is 30.8 Å². The molecule has 2 N–H and O–H groups in total. The van der Waals surface area contributed by atoms with Gasteiger partial charge >= 0.3 is 0 Å². The zero-order chi connectivity index (χ0) is 24.2. The molecule has 0 bridgehead atoms. The molecular weight excluding hydrogens is 432 g/mol. The van der Waals surface area contributed by atoms with Crippen LogP contribution < -0.4 is 10.6 Å². The molecule has 176 valence electrons. The Labute approximate surface area is 206 Å². The third kappa shape index (κ3) is 5.39. The predicted octanol–water partition coefficient (Wildman–Crippen LogP) is 6.09. The lowest BCUT2D eigenvalue weighted by Crippen LogP contribution is -2.13. The number of likely N-dealkylation sites (N-methyl/N-ethyl adjacent to an activating group) is 1. The van der Waals surface area contributed by atoms with Crippen LogP contribution in [-0.2, 0) is 0 Å². The van der Waals surface area contributed by atoms with E-state index in [-0.39, 0.29) is 0 Å². The Bertz CT molecular complexity index is 1320. The highest BCUT2D eigenvalue weighted by Crippen LogP contribution is 2.29. The number of pyridine rings is 1. The van der Waals surface area contributed by atoms with Gasteiger partial charge < -0.3 is 15.5 Å². The van der Waals surface area contributed by atoms with Crippen LogP contribution in [0.25, 0.3) is 17.0 Å². The van der Waals surface area contributed by atoms with Gasteiger partial charge in [0.1, 0.15) is 0 Å². The van der Waals surface area contributed by atoms with E-state index in [0.29, 0.717) is 11.9 Å². The molecule has 1 unspecified atom stereocenters. The maximum Gasteiger partial charge on any atom is 0.227 e. The standard InChI is InChI=1S/C29H30N6/c1-20-6-7-23(21(2)32-26-10-8-22(9-11-26)25-13-16-35(3)19-25)17-28(20)34-29-31-15-12-27(33-29)24-5-4-14-30-18-24/h4-12,14-15,17-18,25,32H,2,13,16,19H2,1,3H3,(H,31,33,34). The Morgan fingerprint density at radius 1 is 1.06 bits per heavy atom. The molecule has 1 fully saturated rings. The first kappa shape index (κ1) is 22.7. The number of aromatic nitrogens is 3. The van der Waals surface area contributed by atoms with E-state index in [1.165, 1.54) is 18.5 Å². The average Bonchev–Trinajstić information content (AvgIpc) is 3.32. The number of nitrogens with zero attached hydrogens (tertiary/aromatic N) is 4. The van der Waals surface area contributed by atoms with Gasteiger partial charge in [-0.1, -0.05) is 30.8 Å². The van der Waals surface area contributed by atoms with E-state index in [1.807, 2.05) is 18.2 Å². The van der Waals surface area contributed by atoms with Crippen LogP contribution in [0.4, 0.5) is 17.3 Å². The zero-order valence-corrected chi connectivity index (χ0v) is 20.2. The van der Waals surface area contributed by atoms with Crippen molar-refractivity contribution in [1.82, 2.24) is 19.9 Å². The van der Waals surface area contributed by atoms with Crippen molar-refractivity contribution in [3.05, 3.63) is 103 Å². The van der Waals surface area contributed by atoms with Gasteiger partial charge in [0.25, 0.3) is 0 Å². The third-order valence-corrected chi connectivity index (χ3v) is 6.51. The Morgan fingerprint density at radius 2 is 1.91 bits per heavy atom. The first-order chi connectivity index (χ1) is 17.0. The second-order valence-electron chi connectivity index (χ2n) is 9.14. The van der Waals surface area contributed by atoms with E-state index < -0.39 is 0 Å². The van der Waals surface area contributed by atoms with E-state index in [2.05, 4.69) is 93.5 Å². The molecule has 1 saturated heterocycles. The highest BCUT2D eigenvalue weighted by atomic mass is 15.1. The molecule has 4 aromatic rings. The lowest BCUT2D eigenvalue weighted by atomic mass is 9.98. The molecule has 6 nitrogen and oxygen atoms in total. The number of rotatable bonds is 7. The van der Waals surface area contributed by atoms with Crippen LogP contribution in [0, 0.1) is 6.92 Å². The van der Waals surface area contributed by atoms with Crippen LogP contribution in [-0.4, -0.2) is 40.0 Å². The lowest BCUT2D eigenvalue weighted by Gasteiger charge is -2.15. The summed E-state index contributed by atoms with van der Waals surface area (Å²) in [6.45, 7) is 8.64. The summed E-state index contributed by atoms with van der Waals surface area (Å²) in [4.78, 5) is 15.6. The summed E-state index contributed by atoms with van der Waals surface area (Å²) in [7, 11) is 2.19. The highest BCUT2D eigenvalue weighted by Gasteiger charge is 2.20. The van der Waals surface area contributed by atoms with Crippen LogP contribution in [0.1, 0.15) is 29.0 Å². The predicted molar refractivity (Wildman–Crippen MR) is 144 cm³/mol. The fourth-order valence-corrected chi connectivity index (χ4v) is 4.45. The molecule has 0 spiro atoms. The molecule has 6 heteroatoms. The second-order valence-corrected chi connectivity index (χ2v) is 9.14. The Balaban J connectivity index is 1.29. The summed E-state index contributed by atoms with van der Waals surface area (Å²) >= 11 is 0. The molecule has 2 aromatic carbocycles. The smallest absolute Gasteiger partial charge is 0.227 e. The van der Waals surface area contributed by atoms with Crippen LogP contribution in [0.15, 0.2) is 85.8 Å². The van der Waals surface area contributed by atoms with Gasteiger partial charge in [0.2, 0.25) is 5.95 Å². The molecule has 3 heterocycles. The molecule has 1 aliphatic rings. The van der Waals surface area contributed by atoms with Crippen molar-refractivity contribution in [1.29, 1.82) is 0 Å². The van der Waals surface area contributed by atoms with Crippen molar-refractivity contribution >= 4 is 23.0 Å². The van der Waals surface area contributed by atoms with Gasteiger partial charge in [-0.05, 0) is 85.9 Å². The SMILES string of the molecule is C=C(Nc1ccc(C2CCN(C)C2)cc1)c1ccc(C)c(Nc2nccc(-c3cccnc3)n2)c1. The first-order valence-corrected chi connectivity index (χ1v) is 11.9. The van der Waals surface area contributed by atoms with Gasteiger partial charge in [-0.15, -0.1) is 0 Å². The third-order valence-electron chi connectivity index (χ3n) is 6.51. The van der Waals surface area contributed by atoms with Crippen LogP contribution in [0.3, 0.4) is 0 Å². The molecule has 35 heavy (non-hydrogen) atoms. The fourth-order valence-electron chi connectivity index (χ4n) is 4.45. The summed E-state index contributed by atoms with van der Waals surface area (Å²) in [6.07, 6.45) is 6.53. The van der Waals surface area contributed by atoms with Gasteiger partial charge in [-0.25, -0.2) is 9.97 Å². The molecule has 1 aliphatic heterocycles. The molecule has 0 radical (unpaired) electrons. The summed E-state index contributed by atoms with van der Waals surface area (Å²) in [5.74, 6) is 1.17. The monoisotopic (exact) mass is 462 g/mol. The minimum absolute atomic E-state index is 0.540. The summed E-state index contributed by atoms with van der Waals surface area (Å²) in [5.41, 5.74) is 8.09. The summed E-state index contributed by atoms with van der Waals surface area (Å²) < 4.78 is 0. The quantitative estimate of drug-likeness (QED) is 0.346. The minimum Gasteiger partial charge on any atom is -0.356 e.